The molecule has 106 valence electrons. The Morgan fingerprint density at radius 3 is 2.47 bits per heavy atom. The molecule has 0 aliphatic heterocycles. The first-order valence-corrected chi connectivity index (χ1v) is 6.46. The Bertz CT molecular complexity index is 418. The van der Waals surface area contributed by atoms with Gasteiger partial charge in [0.2, 0.25) is 0 Å². The number of hydrogen-bond acceptors (Lipinski definition) is 4. The molecule has 0 atom stereocenters. The minimum atomic E-state index is -0.261. The van der Waals surface area contributed by atoms with Gasteiger partial charge in [0, 0.05) is 20.2 Å². The smallest absolute Gasteiger partial charge is 0.338 e. The maximum Gasteiger partial charge on any atom is 0.338 e. The van der Waals surface area contributed by atoms with Crippen molar-refractivity contribution in [3.8, 4) is 0 Å². The first-order valence-electron chi connectivity index (χ1n) is 6.46. The third kappa shape index (κ3) is 5.41. The van der Waals surface area contributed by atoms with Crippen LogP contribution in [0.25, 0.3) is 0 Å². The molecule has 1 rings (SSSR count). The first-order chi connectivity index (χ1) is 9.04. The van der Waals surface area contributed by atoms with Gasteiger partial charge in [-0.15, -0.1) is 0 Å². The van der Waals surface area contributed by atoms with Crippen LogP contribution in [0.1, 0.15) is 21.5 Å². The minimum Gasteiger partial charge on any atom is -0.461 e. The Morgan fingerprint density at radius 1 is 1.16 bits per heavy atom. The van der Waals surface area contributed by atoms with Crippen LogP contribution in [-0.2, 0) is 9.47 Å². The van der Waals surface area contributed by atoms with E-state index in [0.29, 0.717) is 25.3 Å². The third-order valence-electron chi connectivity index (χ3n) is 3.13. The van der Waals surface area contributed by atoms with E-state index in [9.17, 15) is 4.79 Å². The number of carbonyl (C=O) groups excluding carboxylic acids is 1. The molecule has 0 fully saturated rings. The van der Waals surface area contributed by atoms with Crippen molar-refractivity contribution < 1.29 is 14.3 Å². The highest BCUT2D eigenvalue weighted by Crippen LogP contribution is 2.10. The van der Waals surface area contributed by atoms with Crippen molar-refractivity contribution in [3.05, 3.63) is 34.9 Å². The summed E-state index contributed by atoms with van der Waals surface area (Å²) in [5.74, 6) is -0.261. The van der Waals surface area contributed by atoms with Crippen LogP contribution in [0.2, 0.25) is 0 Å². The number of nitrogens with zero attached hydrogens (tertiary/aromatic N) is 1. The predicted octanol–water partition coefficient (Wildman–Crippen LogP) is 2.04. The Labute approximate surface area is 115 Å². The summed E-state index contributed by atoms with van der Waals surface area (Å²) in [5.41, 5.74) is 2.89. The van der Waals surface area contributed by atoms with Gasteiger partial charge in [-0.2, -0.15) is 0 Å². The molecule has 0 heterocycles. The van der Waals surface area contributed by atoms with Gasteiger partial charge in [0.1, 0.15) is 6.61 Å². The normalized spacial score (nSPS) is 10.8. The molecule has 4 nitrogen and oxygen atoms in total. The summed E-state index contributed by atoms with van der Waals surface area (Å²) in [6.07, 6.45) is 0. The van der Waals surface area contributed by atoms with Crippen LogP contribution in [0, 0.1) is 13.8 Å². The van der Waals surface area contributed by atoms with E-state index >= 15 is 0 Å². The number of benzene rings is 1. The molecule has 19 heavy (non-hydrogen) atoms. The lowest BCUT2D eigenvalue weighted by Gasteiger charge is -2.15. The first kappa shape index (κ1) is 15.7. The molecule has 0 unspecified atom stereocenters. The molecule has 0 amide bonds. The highest BCUT2D eigenvalue weighted by molar-refractivity contribution is 5.89. The van der Waals surface area contributed by atoms with Gasteiger partial charge in [-0.3, -0.25) is 0 Å². The Kier molecular flexibility index (Phi) is 6.53. The van der Waals surface area contributed by atoms with Crippen molar-refractivity contribution >= 4 is 5.97 Å². The van der Waals surface area contributed by atoms with Crippen LogP contribution in [0.4, 0.5) is 0 Å². The molecule has 0 saturated carbocycles. The fraction of sp³-hybridized carbons (Fsp3) is 0.533. The third-order valence-corrected chi connectivity index (χ3v) is 3.13. The van der Waals surface area contributed by atoms with Crippen molar-refractivity contribution in [1.82, 2.24) is 4.90 Å². The number of aryl methyl sites for hydroxylation is 2. The Morgan fingerprint density at radius 2 is 1.84 bits per heavy atom. The molecule has 0 aliphatic rings. The molecule has 0 saturated heterocycles. The van der Waals surface area contributed by atoms with Crippen LogP contribution in [0.3, 0.4) is 0 Å². The number of rotatable bonds is 7. The summed E-state index contributed by atoms with van der Waals surface area (Å²) in [6.45, 7) is 6.63. The molecule has 0 aromatic heterocycles. The molecule has 4 heteroatoms. The van der Waals surface area contributed by atoms with Crippen molar-refractivity contribution in [2.75, 3.05) is 40.5 Å². The average Bonchev–Trinajstić information content (AvgIpc) is 2.39. The van der Waals surface area contributed by atoms with Gasteiger partial charge in [0.15, 0.2) is 0 Å². The number of methoxy groups -OCH3 is 1. The van der Waals surface area contributed by atoms with Gasteiger partial charge >= 0.3 is 5.97 Å². The zero-order valence-electron chi connectivity index (χ0n) is 12.2. The predicted molar refractivity (Wildman–Crippen MR) is 75.6 cm³/mol. The van der Waals surface area contributed by atoms with E-state index in [2.05, 4.69) is 4.90 Å². The molecule has 0 N–H and O–H groups in total. The molecule has 0 radical (unpaired) electrons. The number of carbonyl (C=O) groups is 1. The second-order valence-corrected chi connectivity index (χ2v) is 4.73. The zero-order valence-corrected chi connectivity index (χ0v) is 12.2. The summed E-state index contributed by atoms with van der Waals surface area (Å²) < 4.78 is 10.2. The highest BCUT2D eigenvalue weighted by Gasteiger charge is 2.08. The van der Waals surface area contributed by atoms with Crippen LogP contribution in [0.5, 0.6) is 0 Å². The Hall–Kier alpha value is -1.39. The summed E-state index contributed by atoms with van der Waals surface area (Å²) >= 11 is 0. The fourth-order valence-electron chi connectivity index (χ4n) is 1.60. The van der Waals surface area contributed by atoms with Gasteiger partial charge in [-0.1, -0.05) is 6.07 Å². The number of hydrogen-bond donors (Lipinski definition) is 0. The minimum absolute atomic E-state index is 0.261. The largest absolute Gasteiger partial charge is 0.461 e. The van der Waals surface area contributed by atoms with Crippen LogP contribution in [-0.4, -0.2) is 51.3 Å². The second-order valence-electron chi connectivity index (χ2n) is 4.73. The van der Waals surface area contributed by atoms with Crippen molar-refractivity contribution in [2.24, 2.45) is 0 Å². The van der Waals surface area contributed by atoms with E-state index in [1.807, 2.05) is 33.0 Å². The van der Waals surface area contributed by atoms with Crippen LogP contribution < -0.4 is 0 Å². The van der Waals surface area contributed by atoms with Gasteiger partial charge in [-0.25, -0.2) is 4.79 Å². The summed E-state index contributed by atoms with van der Waals surface area (Å²) in [7, 11) is 3.65. The molecule has 0 spiro atoms. The van der Waals surface area contributed by atoms with E-state index in [0.717, 1.165) is 12.1 Å². The number of esters is 1. The quantitative estimate of drug-likeness (QED) is 0.707. The Balaban J connectivity index is 2.37. The van der Waals surface area contributed by atoms with Crippen molar-refractivity contribution in [1.29, 1.82) is 0 Å². The average molecular weight is 265 g/mol. The number of likely N-dealkylation sites (N-methyl/N-ethyl adjacent to an activating group) is 1. The van der Waals surface area contributed by atoms with E-state index < -0.39 is 0 Å². The van der Waals surface area contributed by atoms with E-state index in [1.165, 1.54) is 5.56 Å². The van der Waals surface area contributed by atoms with Gasteiger partial charge in [-0.05, 0) is 44.2 Å². The molecular formula is C15H23NO3. The van der Waals surface area contributed by atoms with Crippen molar-refractivity contribution in [3.63, 3.8) is 0 Å². The second kappa shape index (κ2) is 7.92. The van der Waals surface area contributed by atoms with Gasteiger partial charge < -0.3 is 14.4 Å². The van der Waals surface area contributed by atoms with Gasteiger partial charge in [0.25, 0.3) is 0 Å². The lowest BCUT2D eigenvalue weighted by atomic mass is 10.1. The molecule has 0 bridgehead atoms. The van der Waals surface area contributed by atoms with Gasteiger partial charge in [0.05, 0.1) is 12.2 Å². The summed E-state index contributed by atoms with van der Waals surface area (Å²) in [5, 5.41) is 0. The maximum absolute atomic E-state index is 11.8. The van der Waals surface area contributed by atoms with Crippen LogP contribution in [0.15, 0.2) is 18.2 Å². The lowest BCUT2D eigenvalue weighted by Crippen LogP contribution is -2.27. The van der Waals surface area contributed by atoms with E-state index in [4.69, 9.17) is 9.47 Å². The zero-order chi connectivity index (χ0) is 14.3. The van der Waals surface area contributed by atoms with Crippen LogP contribution >= 0.6 is 0 Å². The van der Waals surface area contributed by atoms with E-state index in [-0.39, 0.29) is 5.97 Å². The molecule has 1 aromatic carbocycles. The summed E-state index contributed by atoms with van der Waals surface area (Å²) in [6, 6.07) is 5.61. The van der Waals surface area contributed by atoms with Crippen molar-refractivity contribution in [2.45, 2.75) is 13.8 Å². The lowest BCUT2D eigenvalue weighted by molar-refractivity contribution is 0.0462. The molecule has 0 aliphatic carbocycles. The maximum atomic E-state index is 11.8. The standard InChI is InChI=1S/C15H23NO3/c1-12-5-6-14(11-13(12)2)15(17)19-10-8-16(3)7-9-18-4/h5-6,11H,7-10H2,1-4H3. The fourth-order valence-corrected chi connectivity index (χ4v) is 1.60. The monoisotopic (exact) mass is 265 g/mol. The molecule has 1 aromatic rings. The SMILES string of the molecule is COCCN(C)CCOC(=O)c1ccc(C)c(C)c1. The molecular weight excluding hydrogens is 242 g/mol. The highest BCUT2D eigenvalue weighted by atomic mass is 16.5. The number of ether oxygens (including phenoxy) is 2. The summed E-state index contributed by atoms with van der Waals surface area (Å²) in [4.78, 5) is 13.9. The topological polar surface area (TPSA) is 38.8 Å². The van der Waals surface area contributed by atoms with E-state index in [1.54, 1.807) is 13.2 Å².